The molecule has 0 saturated heterocycles. The molecular weight excluding hydrogens is 120 g/mol. The number of rotatable bonds is 1. The second-order valence-electron chi connectivity index (χ2n) is 1.09. The zero-order chi connectivity index (χ0) is 5.15. The number of thiol groups is 1. The van der Waals surface area contributed by atoms with Gasteiger partial charge < -0.3 is 5.11 Å². The summed E-state index contributed by atoms with van der Waals surface area (Å²) in [6, 6.07) is 0. The molecule has 1 nitrogen and oxygen atoms in total. The summed E-state index contributed by atoms with van der Waals surface area (Å²) in [6.45, 7) is 1.68. The summed E-state index contributed by atoms with van der Waals surface area (Å²) in [5, 5.41) is 8.11. The van der Waals surface area contributed by atoms with Crippen molar-refractivity contribution in [2.45, 2.75) is 17.7 Å². The van der Waals surface area contributed by atoms with E-state index in [-0.39, 0.29) is 5.38 Å². The third-order valence-electron chi connectivity index (χ3n) is 0.411. The van der Waals surface area contributed by atoms with Gasteiger partial charge in [0.25, 0.3) is 0 Å². The summed E-state index contributed by atoms with van der Waals surface area (Å²) in [4.78, 5) is 0. The molecule has 0 aromatic carbocycles. The number of hydrogen-bond acceptors (Lipinski definition) is 2. The average Bonchev–Trinajstić information content (AvgIpc) is 1.36. The summed E-state index contributed by atoms with van der Waals surface area (Å²) in [5.74, 6) is 0. The molecule has 0 saturated carbocycles. The Morgan fingerprint density at radius 2 is 2.00 bits per heavy atom. The highest BCUT2D eigenvalue weighted by Gasteiger charge is 2.01. The van der Waals surface area contributed by atoms with E-state index in [1.807, 2.05) is 0 Å². The summed E-state index contributed by atoms with van der Waals surface area (Å²) >= 11 is 8.90. The van der Waals surface area contributed by atoms with E-state index in [2.05, 4.69) is 12.6 Å². The molecule has 2 unspecified atom stereocenters. The Morgan fingerprint density at radius 1 is 1.83 bits per heavy atom. The quantitative estimate of drug-likeness (QED) is 0.304. The Balaban J connectivity index is 2.99. The Bertz CT molecular complexity index is 31.8. The first-order valence-electron chi connectivity index (χ1n) is 1.65. The van der Waals surface area contributed by atoms with Gasteiger partial charge in [0.05, 0.1) is 5.38 Å². The minimum absolute atomic E-state index is 0.256. The molecule has 0 rings (SSSR count). The van der Waals surface area contributed by atoms with Crippen molar-refractivity contribution >= 4 is 24.2 Å². The average molecular weight is 127 g/mol. The van der Waals surface area contributed by atoms with E-state index in [9.17, 15) is 0 Å². The van der Waals surface area contributed by atoms with Gasteiger partial charge in [-0.05, 0) is 6.92 Å². The largest absolute Gasteiger partial charge is 0.381 e. The van der Waals surface area contributed by atoms with Crippen molar-refractivity contribution in [1.29, 1.82) is 0 Å². The van der Waals surface area contributed by atoms with E-state index in [0.29, 0.717) is 0 Å². The SMILES string of the molecule is CC(Cl)C(O)S. The molecule has 0 spiro atoms. The highest BCUT2D eigenvalue weighted by Crippen LogP contribution is 2.02. The van der Waals surface area contributed by atoms with Gasteiger partial charge in [0, 0.05) is 0 Å². The first-order valence-corrected chi connectivity index (χ1v) is 2.60. The molecule has 1 N–H and O–H groups in total. The molecule has 0 amide bonds. The van der Waals surface area contributed by atoms with Crippen molar-refractivity contribution in [2.24, 2.45) is 0 Å². The molecule has 0 heterocycles. The van der Waals surface area contributed by atoms with Gasteiger partial charge in [0.2, 0.25) is 0 Å². The van der Waals surface area contributed by atoms with Gasteiger partial charge in [-0.3, -0.25) is 0 Å². The molecule has 0 aliphatic carbocycles. The molecule has 3 heteroatoms. The molecule has 0 aromatic heterocycles. The highest BCUT2D eigenvalue weighted by molar-refractivity contribution is 7.80. The third kappa shape index (κ3) is 2.82. The van der Waals surface area contributed by atoms with E-state index in [1.54, 1.807) is 6.92 Å². The maximum absolute atomic E-state index is 8.36. The van der Waals surface area contributed by atoms with E-state index < -0.39 is 5.44 Å². The Hall–Kier alpha value is 0.600. The Morgan fingerprint density at radius 3 is 2.00 bits per heavy atom. The first-order chi connectivity index (χ1) is 2.64. The summed E-state index contributed by atoms with van der Waals surface area (Å²) in [5.41, 5.74) is -0.688. The molecule has 0 aromatic rings. The van der Waals surface area contributed by atoms with E-state index in [0.717, 1.165) is 0 Å². The van der Waals surface area contributed by atoms with Crippen molar-refractivity contribution in [3.05, 3.63) is 0 Å². The molecular formula is C3H7ClOS. The zero-order valence-corrected chi connectivity index (χ0v) is 5.08. The van der Waals surface area contributed by atoms with Crippen LogP contribution in [0.5, 0.6) is 0 Å². The van der Waals surface area contributed by atoms with Crippen LogP contribution in [0.4, 0.5) is 0 Å². The standard InChI is InChI=1S/C3H7ClOS/c1-2(4)3(5)6/h2-3,5-6H,1H3. The highest BCUT2D eigenvalue weighted by atomic mass is 35.5. The fraction of sp³-hybridized carbons (Fsp3) is 1.00. The van der Waals surface area contributed by atoms with Crippen LogP contribution in [0.2, 0.25) is 0 Å². The topological polar surface area (TPSA) is 20.2 Å². The lowest BCUT2D eigenvalue weighted by Gasteiger charge is -2.01. The second kappa shape index (κ2) is 2.72. The van der Waals surface area contributed by atoms with Crippen molar-refractivity contribution in [3.63, 3.8) is 0 Å². The molecule has 0 bridgehead atoms. The minimum Gasteiger partial charge on any atom is -0.381 e. The van der Waals surface area contributed by atoms with Crippen LogP contribution in [-0.4, -0.2) is 15.9 Å². The summed E-state index contributed by atoms with van der Waals surface area (Å²) in [7, 11) is 0. The van der Waals surface area contributed by atoms with Crippen molar-refractivity contribution in [1.82, 2.24) is 0 Å². The molecule has 38 valence electrons. The van der Waals surface area contributed by atoms with Gasteiger partial charge in [-0.25, -0.2) is 0 Å². The van der Waals surface area contributed by atoms with E-state index in [1.165, 1.54) is 0 Å². The number of aliphatic hydroxyl groups is 1. The first kappa shape index (κ1) is 6.60. The smallest absolute Gasteiger partial charge is 0.113 e. The third-order valence-corrected chi connectivity index (χ3v) is 1.27. The maximum Gasteiger partial charge on any atom is 0.113 e. The summed E-state index contributed by atoms with van der Waals surface area (Å²) < 4.78 is 0. The van der Waals surface area contributed by atoms with Crippen molar-refractivity contribution in [2.75, 3.05) is 0 Å². The number of hydrogen-bond donors (Lipinski definition) is 2. The lowest BCUT2D eigenvalue weighted by atomic mass is 10.5. The van der Waals surface area contributed by atoms with Crippen LogP contribution in [0.1, 0.15) is 6.92 Å². The number of alkyl halides is 1. The lowest BCUT2D eigenvalue weighted by Crippen LogP contribution is -2.08. The second-order valence-corrected chi connectivity index (χ2v) is 2.31. The van der Waals surface area contributed by atoms with Gasteiger partial charge in [0.15, 0.2) is 0 Å². The van der Waals surface area contributed by atoms with Gasteiger partial charge in [0.1, 0.15) is 5.44 Å². The fourth-order valence-electron chi connectivity index (χ4n) is 0. The van der Waals surface area contributed by atoms with E-state index in [4.69, 9.17) is 16.7 Å². The van der Waals surface area contributed by atoms with Gasteiger partial charge >= 0.3 is 0 Å². The number of halogens is 1. The predicted molar refractivity (Wildman–Crippen MR) is 30.3 cm³/mol. The molecule has 0 aliphatic rings. The van der Waals surface area contributed by atoms with E-state index >= 15 is 0 Å². The lowest BCUT2D eigenvalue weighted by molar-refractivity contribution is 0.265. The molecule has 0 fully saturated rings. The Labute approximate surface area is 47.7 Å². The number of aliphatic hydroxyl groups excluding tert-OH is 1. The maximum atomic E-state index is 8.36. The Kier molecular flexibility index (Phi) is 2.99. The molecule has 0 radical (unpaired) electrons. The van der Waals surface area contributed by atoms with Crippen LogP contribution in [0.3, 0.4) is 0 Å². The van der Waals surface area contributed by atoms with Crippen LogP contribution in [0, 0.1) is 0 Å². The minimum atomic E-state index is -0.688. The van der Waals surface area contributed by atoms with Crippen molar-refractivity contribution < 1.29 is 5.11 Å². The van der Waals surface area contributed by atoms with Crippen LogP contribution in [-0.2, 0) is 0 Å². The fourth-order valence-corrected chi connectivity index (χ4v) is 0. The van der Waals surface area contributed by atoms with Crippen LogP contribution in [0.15, 0.2) is 0 Å². The van der Waals surface area contributed by atoms with Gasteiger partial charge in [-0.15, -0.1) is 24.2 Å². The van der Waals surface area contributed by atoms with Gasteiger partial charge in [-0.2, -0.15) is 0 Å². The van der Waals surface area contributed by atoms with Crippen molar-refractivity contribution in [3.8, 4) is 0 Å². The van der Waals surface area contributed by atoms with Crippen LogP contribution >= 0.6 is 24.2 Å². The zero-order valence-electron chi connectivity index (χ0n) is 3.43. The normalized spacial score (nSPS) is 20.0. The predicted octanol–water partition coefficient (Wildman–Crippen LogP) is 0.862. The van der Waals surface area contributed by atoms with Gasteiger partial charge in [-0.1, -0.05) is 0 Å². The molecule has 6 heavy (non-hydrogen) atoms. The summed E-state index contributed by atoms with van der Waals surface area (Å²) in [6.07, 6.45) is 0. The molecule has 2 atom stereocenters. The van der Waals surface area contributed by atoms with Crippen LogP contribution in [0.25, 0.3) is 0 Å². The molecule has 0 aliphatic heterocycles. The monoisotopic (exact) mass is 126 g/mol. The van der Waals surface area contributed by atoms with Crippen LogP contribution < -0.4 is 0 Å².